The molecule has 3 fully saturated rings. The number of carbonyl (C=O) groups is 5. The summed E-state index contributed by atoms with van der Waals surface area (Å²) in [6.07, 6.45) is 3.19. The molecule has 4 aliphatic heterocycles. The number of aromatic amines is 1. The number of H-pyrrole nitrogens is 1. The number of carbonyl (C=O) groups excluding carboxylic acids is 3. The molecular weight excluding hydrogens is 946 g/mol. The van der Waals surface area contributed by atoms with E-state index in [0.29, 0.717) is 52.6 Å². The number of imide groups is 1. The van der Waals surface area contributed by atoms with Gasteiger partial charge in [0.25, 0.3) is 5.91 Å². The maximum Gasteiger partial charge on any atom is 0.349 e. The number of hydrogen-bond donors (Lipinski definition) is 5. The van der Waals surface area contributed by atoms with Gasteiger partial charge in [-0.25, -0.2) is 23.0 Å². The predicted octanol–water partition coefficient (Wildman–Crippen LogP) is 7.59. The van der Waals surface area contributed by atoms with Crippen LogP contribution in [0.15, 0.2) is 72.8 Å². The number of piperidine rings is 3. The first-order valence-corrected chi connectivity index (χ1v) is 25.5. The summed E-state index contributed by atoms with van der Waals surface area (Å²) in [5, 5.41) is 26.6. The minimum atomic E-state index is -3.76. The highest BCUT2D eigenvalue weighted by molar-refractivity contribution is 7.88. The minimum Gasteiger partial charge on any atom is -0.479 e. The number of halogens is 1. The number of hydrogen-bond acceptors (Lipinski definition) is 12. The second-order valence-electron chi connectivity index (χ2n) is 18.7. The molecule has 6 aromatic rings. The molecule has 0 aliphatic carbocycles. The summed E-state index contributed by atoms with van der Waals surface area (Å²) in [6.45, 7) is 4.84. The summed E-state index contributed by atoms with van der Waals surface area (Å²) < 4.78 is 35.1. The van der Waals surface area contributed by atoms with Gasteiger partial charge in [0, 0.05) is 54.3 Å². The first-order valence-electron chi connectivity index (χ1n) is 22.7. The van der Waals surface area contributed by atoms with E-state index in [1.54, 1.807) is 27.4 Å². The zero-order valence-corrected chi connectivity index (χ0v) is 40.0. The van der Waals surface area contributed by atoms with Crippen LogP contribution in [0.2, 0.25) is 5.02 Å². The van der Waals surface area contributed by atoms with Gasteiger partial charge in [0.05, 0.1) is 27.4 Å². The standard InChI is InChI=1S/C49H48ClN7O10S2/c1-49(2)23-30(51-29-6-3-5-28(22-29)43-41(50)42(67-24-39(59)60)44(68-43)47(63)64)17-20-56(49)69(65,66)25-26-9-11-34-35(21-26)53-48(52-34)55-18-15-27(16-19-55)31-10-12-36-40-32(31)7-4-8-33(40)46(62)57(36)37-13-14-38(58)54-45(37)61/h3-12,21-22,27,30,37,51H,13-20,23-25H2,1-2H3,(H,52,53)(H,59,60)(H,63,64)(H,54,58,61). The molecule has 2 atom stereocenters. The number of carboxylic acid groups (broad SMARTS) is 2. The first-order chi connectivity index (χ1) is 33.0. The Bertz CT molecular complexity index is 3240. The SMILES string of the molecule is CC1(C)CC(Nc2cccc(-c3sc(C(=O)O)c(OCC(=O)O)c3Cl)c2)CCN1S(=O)(=O)Cc1ccc2nc(N3CCC(c4ccc5c6c(cccc46)C(=O)N5C4CCC(=O)NC4=O)CC3)[nH]c2c1. The van der Waals surface area contributed by atoms with E-state index in [0.717, 1.165) is 70.3 Å². The largest absolute Gasteiger partial charge is 0.479 e. The number of nitrogens with one attached hydrogen (secondary N) is 3. The molecule has 2 aromatic heterocycles. The van der Waals surface area contributed by atoms with Crippen molar-refractivity contribution in [1.82, 2.24) is 19.6 Å². The van der Waals surface area contributed by atoms with Gasteiger partial charge < -0.3 is 30.2 Å². The normalized spacial score (nSPS) is 19.9. The Balaban J connectivity index is 0.778. The molecule has 0 saturated carbocycles. The Kier molecular flexibility index (Phi) is 11.9. The third kappa shape index (κ3) is 8.65. The lowest BCUT2D eigenvalue weighted by molar-refractivity contribution is -0.139. The number of aromatic carboxylic acids is 1. The van der Waals surface area contributed by atoms with Crippen molar-refractivity contribution in [3.05, 3.63) is 99.4 Å². The number of imidazole rings is 1. The monoisotopic (exact) mass is 993 g/mol. The van der Waals surface area contributed by atoms with Crippen molar-refractivity contribution in [2.45, 2.75) is 81.7 Å². The van der Waals surface area contributed by atoms with Crippen molar-refractivity contribution in [2.24, 2.45) is 0 Å². The molecule has 4 aromatic carbocycles. The number of rotatable bonds is 13. The maximum atomic E-state index is 14.1. The van der Waals surface area contributed by atoms with E-state index in [9.17, 15) is 37.5 Å². The van der Waals surface area contributed by atoms with E-state index in [1.165, 1.54) is 0 Å². The zero-order valence-electron chi connectivity index (χ0n) is 37.6. The van der Waals surface area contributed by atoms with E-state index in [4.69, 9.17) is 26.4 Å². The molecule has 3 amide bonds. The summed E-state index contributed by atoms with van der Waals surface area (Å²) in [6, 6.07) is 21.7. The lowest BCUT2D eigenvalue weighted by Crippen LogP contribution is -2.55. The van der Waals surface area contributed by atoms with Gasteiger partial charge in [-0.2, -0.15) is 4.31 Å². The second kappa shape index (κ2) is 17.8. The van der Waals surface area contributed by atoms with Crippen LogP contribution >= 0.6 is 22.9 Å². The highest BCUT2D eigenvalue weighted by atomic mass is 35.5. The first kappa shape index (κ1) is 46.2. The van der Waals surface area contributed by atoms with Crippen LogP contribution < -0.4 is 25.2 Å². The van der Waals surface area contributed by atoms with Crippen LogP contribution in [0.4, 0.5) is 17.3 Å². The Labute approximate surface area is 405 Å². The van der Waals surface area contributed by atoms with Gasteiger partial charge in [-0.3, -0.25) is 24.6 Å². The maximum absolute atomic E-state index is 14.1. The van der Waals surface area contributed by atoms with Crippen molar-refractivity contribution < 1.29 is 47.3 Å². The molecule has 5 N–H and O–H groups in total. The smallest absolute Gasteiger partial charge is 0.349 e. The average molecular weight is 995 g/mol. The molecule has 3 saturated heterocycles. The fourth-order valence-electron chi connectivity index (χ4n) is 10.6. The van der Waals surface area contributed by atoms with Gasteiger partial charge in [-0.15, -0.1) is 11.3 Å². The summed E-state index contributed by atoms with van der Waals surface area (Å²) in [4.78, 5) is 73.7. The van der Waals surface area contributed by atoms with Crippen LogP contribution in [0.1, 0.15) is 89.4 Å². The van der Waals surface area contributed by atoms with Gasteiger partial charge in [0.15, 0.2) is 17.2 Å². The number of aromatic nitrogens is 2. The van der Waals surface area contributed by atoms with Crippen molar-refractivity contribution in [2.75, 3.05) is 41.4 Å². The topological polar surface area (TPSA) is 232 Å². The van der Waals surface area contributed by atoms with Gasteiger partial charge in [-0.05, 0) is 110 Å². The number of aliphatic carboxylic acids is 1. The zero-order chi connectivity index (χ0) is 48.5. The number of thiophene rings is 1. The third-order valence-electron chi connectivity index (χ3n) is 13.7. The Morgan fingerprint density at radius 1 is 0.971 bits per heavy atom. The van der Waals surface area contributed by atoms with Crippen LogP contribution in [0.3, 0.4) is 0 Å². The Hall–Kier alpha value is -6.54. The van der Waals surface area contributed by atoms with Crippen LogP contribution in [-0.2, 0) is 30.2 Å². The van der Waals surface area contributed by atoms with Crippen LogP contribution in [0.25, 0.3) is 32.2 Å². The van der Waals surface area contributed by atoms with Crippen molar-refractivity contribution in [1.29, 1.82) is 0 Å². The summed E-state index contributed by atoms with van der Waals surface area (Å²) in [7, 11) is -3.76. The van der Waals surface area contributed by atoms with Gasteiger partial charge in [-0.1, -0.05) is 48.0 Å². The molecule has 0 bridgehead atoms. The molecule has 10 rings (SSSR count). The molecule has 4 aliphatic rings. The number of sulfonamides is 1. The fraction of sp³-hybridized carbons (Fsp3) is 0.347. The third-order valence-corrected chi connectivity index (χ3v) is 17.4. The molecule has 2 unspecified atom stereocenters. The number of ether oxygens (including phenoxy) is 1. The van der Waals surface area contributed by atoms with E-state index >= 15 is 0 Å². The van der Waals surface area contributed by atoms with E-state index < -0.39 is 46.1 Å². The molecule has 358 valence electrons. The molecule has 0 spiro atoms. The number of benzene rings is 4. The number of carboxylic acids is 2. The highest BCUT2D eigenvalue weighted by Crippen LogP contribution is 2.47. The number of fused-ring (bicyclic) bond motifs is 1. The van der Waals surface area contributed by atoms with Gasteiger partial charge in [0.1, 0.15) is 11.1 Å². The second-order valence-corrected chi connectivity index (χ2v) is 22.0. The van der Waals surface area contributed by atoms with E-state index in [2.05, 4.69) is 26.6 Å². The summed E-state index contributed by atoms with van der Waals surface area (Å²) in [5.41, 5.74) is 5.15. The van der Waals surface area contributed by atoms with E-state index in [-0.39, 0.29) is 58.0 Å². The summed E-state index contributed by atoms with van der Waals surface area (Å²) in [5.74, 6) is -3.00. The minimum absolute atomic E-state index is 0.00975. The predicted molar refractivity (Wildman–Crippen MR) is 262 cm³/mol. The lowest BCUT2D eigenvalue weighted by atomic mass is 9.85. The summed E-state index contributed by atoms with van der Waals surface area (Å²) >= 11 is 7.43. The molecular formula is C49H48ClN7O10S2. The molecule has 6 heterocycles. The van der Waals surface area contributed by atoms with Crippen LogP contribution in [-0.4, -0.2) is 106 Å². The lowest BCUT2D eigenvalue weighted by Gasteiger charge is -2.45. The molecule has 20 heteroatoms. The number of anilines is 3. The van der Waals surface area contributed by atoms with Crippen LogP contribution in [0.5, 0.6) is 5.75 Å². The molecule has 17 nitrogen and oxygen atoms in total. The van der Waals surface area contributed by atoms with Crippen molar-refractivity contribution in [3.63, 3.8) is 0 Å². The van der Waals surface area contributed by atoms with Crippen molar-refractivity contribution in [3.8, 4) is 16.2 Å². The average Bonchev–Trinajstić information content (AvgIpc) is 3.97. The van der Waals surface area contributed by atoms with E-state index in [1.807, 2.05) is 62.4 Å². The van der Waals surface area contributed by atoms with Crippen molar-refractivity contribution >= 4 is 102 Å². The Morgan fingerprint density at radius 2 is 1.75 bits per heavy atom. The highest BCUT2D eigenvalue weighted by Gasteiger charge is 2.43. The quantitative estimate of drug-likeness (QED) is 0.0703. The van der Waals surface area contributed by atoms with Gasteiger partial charge in [0.2, 0.25) is 27.8 Å². The molecule has 0 radical (unpaired) electrons. The Morgan fingerprint density at radius 3 is 2.49 bits per heavy atom. The fourth-order valence-corrected chi connectivity index (χ4v) is 14.0. The number of amides is 3. The molecule has 69 heavy (non-hydrogen) atoms. The van der Waals surface area contributed by atoms with Gasteiger partial charge >= 0.3 is 11.9 Å². The number of nitrogens with zero attached hydrogens (tertiary/aromatic N) is 4. The van der Waals surface area contributed by atoms with Crippen LogP contribution in [0, 0.1) is 0 Å².